The van der Waals surface area contributed by atoms with Crippen molar-refractivity contribution in [3.8, 4) is 0 Å². The zero-order chi connectivity index (χ0) is 15.1. The summed E-state index contributed by atoms with van der Waals surface area (Å²) in [6.45, 7) is 0.760. The molecule has 4 heteroatoms. The Hall–Kier alpha value is -1.84. The lowest BCUT2D eigenvalue weighted by Gasteiger charge is -2.23. The SMILES string of the molecule is O=C(N[C@@H]1C[C@H]2CC[C@@H]1C2)c1cccc(N2CCCC2=O)c1. The molecule has 3 aliphatic rings. The minimum atomic E-state index is 0.00560. The van der Waals surface area contributed by atoms with Gasteiger partial charge in [0, 0.05) is 30.3 Å². The molecule has 4 rings (SSSR count). The van der Waals surface area contributed by atoms with Crippen LogP contribution in [0.3, 0.4) is 0 Å². The molecule has 2 amide bonds. The Morgan fingerprint density at radius 2 is 2.14 bits per heavy atom. The average Bonchev–Trinajstić information content (AvgIpc) is 3.24. The first-order chi connectivity index (χ1) is 10.7. The minimum Gasteiger partial charge on any atom is -0.349 e. The quantitative estimate of drug-likeness (QED) is 0.933. The van der Waals surface area contributed by atoms with E-state index in [0.717, 1.165) is 31.0 Å². The number of carbonyl (C=O) groups is 2. The molecular formula is C18H22N2O2. The summed E-state index contributed by atoms with van der Waals surface area (Å²) in [6.07, 6.45) is 6.54. The molecule has 0 radical (unpaired) electrons. The van der Waals surface area contributed by atoms with Gasteiger partial charge < -0.3 is 10.2 Å². The Morgan fingerprint density at radius 1 is 1.23 bits per heavy atom. The average molecular weight is 298 g/mol. The summed E-state index contributed by atoms with van der Waals surface area (Å²) in [4.78, 5) is 26.1. The van der Waals surface area contributed by atoms with E-state index in [1.165, 1.54) is 19.3 Å². The predicted octanol–water partition coefficient (Wildman–Crippen LogP) is 2.73. The maximum atomic E-state index is 12.5. The monoisotopic (exact) mass is 298 g/mol. The van der Waals surface area contributed by atoms with Crippen molar-refractivity contribution in [1.29, 1.82) is 0 Å². The van der Waals surface area contributed by atoms with Gasteiger partial charge in [-0.15, -0.1) is 0 Å². The number of hydrogen-bond acceptors (Lipinski definition) is 2. The summed E-state index contributed by atoms with van der Waals surface area (Å²) >= 11 is 0. The predicted molar refractivity (Wildman–Crippen MR) is 84.7 cm³/mol. The van der Waals surface area contributed by atoms with Crippen molar-refractivity contribution < 1.29 is 9.59 Å². The van der Waals surface area contributed by atoms with Gasteiger partial charge in [0.15, 0.2) is 0 Å². The van der Waals surface area contributed by atoms with Crippen LogP contribution >= 0.6 is 0 Å². The van der Waals surface area contributed by atoms with Crippen LogP contribution in [0.25, 0.3) is 0 Å². The molecule has 22 heavy (non-hydrogen) atoms. The third-order valence-electron chi connectivity index (χ3n) is 5.55. The second-order valence-corrected chi connectivity index (χ2v) is 6.95. The molecule has 116 valence electrons. The first kappa shape index (κ1) is 13.8. The minimum absolute atomic E-state index is 0.00560. The van der Waals surface area contributed by atoms with Gasteiger partial charge in [0.1, 0.15) is 0 Å². The number of benzene rings is 1. The molecule has 1 N–H and O–H groups in total. The fraction of sp³-hybridized carbons (Fsp3) is 0.556. The van der Waals surface area contributed by atoms with Crippen LogP contribution in [0.4, 0.5) is 5.69 Å². The van der Waals surface area contributed by atoms with E-state index in [4.69, 9.17) is 0 Å². The lowest BCUT2D eigenvalue weighted by atomic mass is 9.95. The molecule has 1 heterocycles. The number of anilines is 1. The third kappa shape index (κ3) is 2.40. The molecule has 0 spiro atoms. The van der Waals surface area contributed by atoms with Gasteiger partial charge in [-0.25, -0.2) is 0 Å². The van der Waals surface area contributed by atoms with Gasteiger partial charge in [0.25, 0.3) is 5.91 Å². The van der Waals surface area contributed by atoms with E-state index in [1.54, 1.807) is 4.90 Å². The normalized spacial score (nSPS) is 30.1. The highest BCUT2D eigenvalue weighted by Crippen LogP contribution is 2.44. The molecule has 3 fully saturated rings. The van der Waals surface area contributed by atoms with Crippen molar-refractivity contribution in [2.75, 3.05) is 11.4 Å². The van der Waals surface area contributed by atoms with Gasteiger partial charge >= 0.3 is 0 Å². The molecule has 1 aromatic carbocycles. The number of hydrogen-bond donors (Lipinski definition) is 1. The third-order valence-corrected chi connectivity index (χ3v) is 5.55. The first-order valence-corrected chi connectivity index (χ1v) is 8.42. The number of rotatable bonds is 3. The van der Waals surface area contributed by atoms with Gasteiger partial charge in [0.2, 0.25) is 5.91 Å². The Morgan fingerprint density at radius 3 is 2.82 bits per heavy atom. The zero-order valence-electron chi connectivity index (χ0n) is 12.8. The molecule has 2 saturated carbocycles. The second-order valence-electron chi connectivity index (χ2n) is 6.95. The van der Waals surface area contributed by atoms with E-state index in [9.17, 15) is 9.59 Å². The van der Waals surface area contributed by atoms with Crippen molar-refractivity contribution in [2.45, 2.75) is 44.6 Å². The maximum absolute atomic E-state index is 12.5. The van der Waals surface area contributed by atoms with Crippen LogP contribution in [0.15, 0.2) is 24.3 Å². The van der Waals surface area contributed by atoms with Crippen molar-refractivity contribution >= 4 is 17.5 Å². The van der Waals surface area contributed by atoms with Crippen LogP contribution in [0, 0.1) is 11.8 Å². The highest BCUT2D eigenvalue weighted by Gasteiger charge is 2.40. The van der Waals surface area contributed by atoms with Crippen LogP contribution in [0.2, 0.25) is 0 Å². The fourth-order valence-electron chi connectivity index (χ4n) is 4.41. The lowest BCUT2D eigenvalue weighted by Crippen LogP contribution is -2.38. The topological polar surface area (TPSA) is 49.4 Å². The van der Waals surface area contributed by atoms with Crippen LogP contribution in [0.5, 0.6) is 0 Å². The van der Waals surface area contributed by atoms with Gasteiger partial charge in [-0.3, -0.25) is 9.59 Å². The van der Waals surface area contributed by atoms with E-state index in [1.807, 2.05) is 24.3 Å². The van der Waals surface area contributed by atoms with Gasteiger partial charge in [-0.2, -0.15) is 0 Å². The highest BCUT2D eigenvalue weighted by molar-refractivity contribution is 5.99. The van der Waals surface area contributed by atoms with E-state index in [-0.39, 0.29) is 11.8 Å². The molecule has 4 nitrogen and oxygen atoms in total. The summed E-state index contributed by atoms with van der Waals surface area (Å²) in [5.74, 6) is 1.66. The van der Waals surface area contributed by atoms with Crippen molar-refractivity contribution in [1.82, 2.24) is 5.32 Å². The second kappa shape index (κ2) is 5.41. The first-order valence-electron chi connectivity index (χ1n) is 8.42. The Balaban J connectivity index is 1.47. The van der Waals surface area contributed by atoms with Gasteiger partial charge in [-0.05, 0) is 55.7 Å². The summed E-state index contributed by atoms with van der Waals surface area (Å²) < 4.78 is 0. The Bertz CT molecular complexity index is 613. The van der Waals surface area contributed by atoms with Crippen LogP contribution < -0.4 is 10.2 Å². The zero-order valence-corrected chi connectivity index (χ0v) is 12.8. The van der Waals surface area contributed by atoms with Crippen molar-refractivity contribution in [3.05, 3.63) is 29.8 Å². The van der Waals surface area contributed by atoms with Crippen LogP contribution in [-0.2, 0) is 4.79 Å². The molecule has 3 atom stereocenters. The smallest absolute Gasteiger partial charge is 0.251 e. The lowest BCUT2D eigenvalue weighted by molar-refractivity contribution is -0.117. The standard InChI is InChI=1S/C18H22N2O2/c21-17-5-2-8-20(17)15-4-1-3-14(11-15)18(22)19-16-10-12-6-7-13(16)9-12/h1,3-4,11-13,16H,2,5-10H2,(H,19,22)/t12-,13+,16+/m0/s1. The molecule has 1 aliphatic heterocycles. The molecule has 1 aromatic rings. The largest absolute Gasteiger partial charge is 0.349 e. The van der Waals surface area contributed by atoms with Crippen molar-refractivity contribution in [3.63, 3.8) is 0 Å². The maximum Gasteiger partial charge on any atom is 0.251 e. The Kier molecular flexibility index (Phi) is 3.40. The van der Waals surface area contributed by atoms with Crippen LogP contribution in [0.1, 0.15) is 48.9 Å². The molecule has 1 saturated heterocycles. The molecule has 0 aromatic heterocycles. The van der Waals surface area contributed by atoms with Gasteiger partial charge in [-0.1, -0.05) is 12.5 Å². The van der Waals surface area contributed by atoms with Gasteiger partial charge in [0.05, 0.1) is 0 Å². The highest BCUT2D eigenvalue weighted by atomic mass is 16.2. The number of carbonyl (C=O) groups excluding carboxylic acids is 2. The molecule has 2 aliphatic carbocycles. The van der Waals surface area contributed by atoms with E-state index >= 15 is 0 Å². The van der Waals surface area contributed by atoms with E-state index in [2.05, 4.69) is 5.32 Å². The number of nitrogens with one attached hydrogen (secondary N) is 1. The Labute approximate surface area is 130 Å². The summed E-state index contributed by atoms with van der Waals surface area (Å²) in [5, 5.41) is 3.21. The van der Waals surface area contributed by atoms with E-state index < -0.39 is 0 Å². The van der Waals surface area contributed by atoms with E-state index in [0.29, 0.717) is 23.9 Å². The number of amides is 2. The summed E-state index contributed by atoms with van der Waals surface area (Å²) in [5.41, 5.74) is 1.52. The number of nitrogens with zero attached hydrogens (tertiary/aromatic N) is 1. The van der Waals surface area contributed by atoms with Crippen molar-refractivity contribution in [2.24, 2.45) is 11.8 Å². The fourth-order valence-corrected chi connectivity index (χ4v) is 4.41. The summed E-state index contributed by atoms with van der Waals surface area (Å²) in [6, 6.07) is 7.83. The molecule has 0 unspecified atom stereocenters. The number of fused-ring (bicyclic) bond motifs is 2. The van der Waals surface area contributed by atoms with Crippen LogP contribution in [-0.4, -0.2) is 24.4 Å². The molecule has 2 bridgehead atoms. The summed E-state index contributed by atoms with van der Waals surface area (Å²) in [7, 11) is 0. The molecular weight excluding hydrogens is 276 g/mol.